The topological polar surface area (TPSA) is 109 Å². The van der Waals surface area contributed by atoms with E-state index in [0.29, 0.717) is 11.4 Å². The largest absolute Gasteiger partial charge is 0.478 e. The summed E-state index contributed by atoms with van der Waals surface area (Å²) in [6, 6.07) is 7.26. The van der Waals surface area contributed by atoms with Crippen LogP contribution in [0.25, 0.3) is 0 Å². The van der Waals surface area contributed by atoms with Gasteiger partial charge in [0, 0.05) is 11.7 Å². The van der Waals surface area contributed by atoms with Gasteiger partial charge in [0.15, 0.2) is 0 Å². The van der Waals surface area contributed by atoms with Gasteiger partial charge in [-0.05, 0) is 44.2 Å². The fourth-order valence-corrected chi connectivity index (χ4v) is 2.99. The molecule has 1 aromatic carbocycles. The molecule has 3 N–H and O–H groups in total. The quantitative estimate of drug-likeness (QED) is 0.714. The summed E-state index contributed by atoms with van der Waals surface area (Å²) in [6.45, 7) is 3.71. The van der Waals surface area contributed by atoms with Gasteiger partial charge in [0.1, 0.15) is 5.76 Å². The van der Waals surface area contributed by atoms with Gasteiger partial charge < -0.3 is 14.8 Å². The molecule has 1 aromatic heterocycles. The van der Waals surface area contributed by atoms with E-state index in [1.807, 2.05) is 13.8 Å². The Kier molecular flexibility index (Phi) is 5.07. The summed E-state index contributed by atoms with van der Waals surface area (Å²) < 4.78 is 32.0. The number of carboxylic acids is 1. The molecule has 8 heteroatoms. The highest BCUT2D eigenvalue weighted by Crippen LogP contribution is 2.21. The molecular formula is C15H18N2O5S. The van der Waals surface area contributed by atoms with E-state index in [2.05, 4.69) is 10.0 Å². The third-order valence-electron chi connectivity index (χ3n) is 2.99. The number of carboxylic acid groups (broad SMARTS) is 1. The van der Waals surface area contributed by atoms with Crippen LogP contribution < -0.4 is 10.0 Å². The standard InChI is InChI=1S/C15H18N2O5S/c1-10(2)17-14-6-5-12(8-13(14)15(18)19)23(20,21)16-9-11-4-3-7-22-11/h3-8,10,16-17H,9H2,1-2H3,(H,18,19). The molecule has 0 aliphatic heterocycles. The molecule has 1 heterocycles. The van der Waals surface area contributed by atoms with E-state index in [4.69, 9.17) is 4.42 Å². The number of carbonyl (C=O) groups is 1. The van der Waals surface area contributed by atoms with Crippen molar-refractivity contribution in [3.8, 4) is 0 Å². The van der Waals surface area contributed by atoms with Crippen LogP contribution >= 0.6 is 0 Å². The predicted molar refractivity (Wildman–Crippen MR) is 84.9 cm³/mol. The van der Waals surface area contributed by atoms with Crippen molar-refractivity contribution in [1.29, 1.82) is 0 Å². The van der Waals surface area contributed by atoms with Gasteiger partial charge in [-0.15, -0.1) is 0 Å². The highest BCUT2D eigenvalue weighted by Gasteiger charge is 2.19. The van der Waals surface area contributed by atoms with Crippen molar-refractivity contribution in [1.82, 2.24) is 4.72 Å². The fraction of sp³-hybridized carbons (Fsp3) is 0.267. The van der Waals surface area contributed by atoms with Crippen LogP contribution in [0.1, 0.15) is 30.0 Å². The molecule has 0 unspecified atom stereocenters. The summed E-state index contributed by atoms with van der Waals surface area (Å²) in [7, 11) is -3.84. The Morgan fingerprint density at radius 2 is 2.04 bits per heavy atom. The molecule has 0 amide bonds. The first-order valence-corrected chi connectivity index (χ1v) is 8.44. The number of hydrogen-bond acceptors (Lipinski definition) is 5. The second-order valence-electron chi connectivity index (χ2n) is 5.22. The molecule has 7 nitrogen and oxygen atoms in total. The number of hydrogen-bond donors (Lipinski definition) is 3. The van der Waals surface area contributed by atoms with Gasteiger partial charge in [-0.3, -0.25) is 0 Å². The van der Waals surface area contributed by atoms with Crippen LogP contribution in [0.3, 0.4) is 0 Å². The van der Waals surface area contributed by atoms with Gasteiger partial charge in [0.25, 0.3) is 0 Å². The Bertz CT molecular complexity index is 782. The molecule has 0 radical (unpaired) electrons. The van der Waals surface area contributed by atoms with Crippen molar-refractivity contribution in [2.75, 3.05) is 5.32 Å². The molecule has 0 atom stereocenters. The molecule has 23 heavy (non-hydrogen) atoms. The third kappa shape index (κ3) is 4.33. The Morgan fingerprint density at radius 3 is 2.61 bits per heavy atom. The van der Waals surface area contributed by atoms with E-state index >= 15 is 0 Å². The zero-order valence-corrected chi connectivity index (χ0v) is 13.6. The molecule has 0 bridgehead atoms. The zero-order valence-electron chi connectivity index (χ0n) is 12.7. The summed E-state index contributed by atoms with van der Waals surface area (Å²) in [4.78, 5) is 11.2. The minimum Gasteiger partial charge on any atom is -0.478 e. The van der Waals surface area contributed by atoms with Gasteiger partial charge in [0.2, 0.25) is 10.0 Å². The third-order valence-corrected chi connectivity index (χ3v) is 4.39. The van der Waals surface area contributed by atoms with E-state index in [0.717, 1.165) is 6.07 Å². The molecule has 2 rings (SSSR count). The minimum atomic E-state index is -3.84. The predicted octanol–water partition coefficient (Wildman–Crippen LogP) is 2.28. The average molecular weight is 338 g/mol. The van der Waals surface area contributed by atoms with Gasteiger partial charge in [-0.1, -0.05) is 0 Å². The minimum absolute atomic E-state index is 0.0102. The van der Waals surface area contributed by atoms with Crippen molar-refractivity contribution < 1.29 is 22.7 Å². The summed E-state index contributed by atoms with van der Waals surface area (Å²) >= 11 is 0. The van der Waals surface area contributed by atoms with Crippen LogP contribution in [0, 0.1) is 0 Å². The Labute approximate surface area is 134 Å². The van der Waals surface area contributed by atoms with Crippen LogP contribution in [-0.4, -0.2) is 25.5 Å². The molecule has 0 saturated heterocycles. The van der Waals surface area contributed by atoms with Crippen LogP contribution in [0.2, 0.25) is 0 Å². The summed E-state index contributed by atoms with van der Waals surface area (Å²) in [5.74, 6) is -0.735. The number of rotatable bonds is 7. The highest BCUT2D eigenvalue weighted by molar-refractivity contribution is 7.89. The fourth-order valence-electron chi connectivity index (χ4n) is 1.97. The van der Waals surface area contributed by atoms with Crippen molar-refractivity contribution in [3.63, 3.8) is 0 Å². The van der Waals surface area contributed by atoms with Crippen molar-refractivity contribution in [3.05, 3.63) is 47.9 Å². The monoisotopic (exact) mass is 338 g/mol. The van der Waals surface area contributed by atoms with Gasteiger partial charge in [-0.2, -0.15) is 0 Å². The maximum absolute atomic E-state index is 12.3. The maximum Gasteiger partial charge on any atom is 0.337 e. The first kappa shape index (κ1) is 17.0. The Hall–Kier alpha value is -2.32. The average Bonchev–Trinajstić information content (AvgIpc) is 2.98. The van der Waals surface area contributed by atoms with Crippen LogP contribution in [0.15, 0.2) is 45.9 Å². The second-order valence-corrected chi connectivity index (χ2v) is 6.98. The maximum atomic E-state index is 12.3. The lowest BCUT2D eigenvalue weighted by Gasteiger charge is -2.14. The van der Waals surface area contributed by atoms with E-state index in [9.17, 15) is 18.3 Å². The van der Waals surface area contributed by atoms with E-state index < -0.39 is 16.0 Å². The summed E-state index contributed by atoms with van der Waals surface area (Å²) in [5.41, 5.74) is 0.275. The smallest absolute Gasteiger partial charge is 0.337 e. The number of furan rings is 1. The molecule has 0 spiro atoms. The lowest BCUT2D eigenvalue weighted by molar-refractivity contribution is 0.0697. The second kappa shape index (κ2) is 6.84. The molecule has 2 aromatic rings. The summed E-state index contributed by atoms with van der Waals surface area (Å²) in [6.07, 6.45) is 1.44. The lowest BCUT2D eigenvalue weighted by Crippen LogP contribution is -2.23. The zero-order chi connectivity index (χ0) is 17.0. The van der Waals surface area contributed by atoms with Crippen molar-refractivity contribution >= 4 is 21.7 Å². The molecule has 0 aliphatic carbocycles. The number of nitrogens with one attached hydrogen (secondary N) is 2. The van der Waals surface area contributed by atoms with Crippen LogP contribution in [0.5, 0.6) is 0 Å². The van der Waals surface area contributed by atoms with E-state index in [1.165, 1.54) is 18.4 Å². The Morgan fingerprint density at radius 1 is 1.30 bits per heavy atom. The van der Waals surface area contributed by atoms with Gasteiger partial charge in [-0.25, -0.2) is 17.9 Å². The first-order chi connectivity index (χ1) is 10.8. The number of anilines is 1. The normalized spacial score (nSPS) is 11.6. The number of sulfonamides is 1. The number of aromatic carboxylic acids is 1. The van der Waals surface area contributed by atoms with Crippen molar-refractivity contribution in [2.45, 2.75) is 31.3 Å². The van der Waals surface area contributed by atoms with Crippen LogP contribution in [-0.2, 0) is 16.6 Å². The van der Waals surface area contributed by atoms with Crippen molar-refractivity contribution in [2.24, 2.45) is 0 Å². The van der Waals surface area contributed by atoms with E-state index in [1.54, 1.807) is 12.1 Å². The number of benzene rings is 1. The highest BCUT2D eigenvalue weighted by atomic mass is 32.2. The van der Waals surface area contributed by atoms with Crippen LogP contribution in [0.4, 0.5) is 5.69 Å². The molecule has 0 saturated carbocycles. The lowest BCUT2D eigenvalue weighted by atomic mass is 10.1. The van der Waals surface area contributed by atoms with E-state index in [-0.39, 0.29) is 23.0 Å². The summed E-state index contributed by atoms with van der Waals surface area (Å²) in [5, 5.41) is 12.3. The SMILES string of the molecule is CC(C)Nc1ccc(S(=O)(=O)NCc2ccco2)cc1C(=O)O. The molecule has 124 valence electrons. The Balaban J connectivity index is 2.27. The first-order valence-electron chi connectivity index (χ1n) is 6.95. The molecule has 0 aliphatic rings. The van der Waals surface area contributed by atoms with Gasteiger partial charge >= 0.3 is 5.97 Å². The molecular weight excluding hydrogens is 320 g/mol. The van der Waals surface area contributed by atoms with Gasteiger partial charge in [0.05, 0.1) is 23.3 Å². The molecule has 0 fully saturated rings.